The van der Waals surface area contributed by atoms with Gasteiger partial charge in [0.05, 0.1) is 12.4 Å². The highest BCUT2D eigenvalue weighted by Gasteiger charge is 2.33. The van der Waals surface area contributed by atoms with Crippen molar-refractivity contribution < 1.29 is 33.6 Å². The standard InChI is InChI=1S/C38H60N14O7/c1-20(2)30(52-33(56)27(49-24(6)53)9-7-13-44-37(39)40)35(58)50-28(10-8-14-45-38(41)42)32(55)51-29(16-26-18-43-19-47-26)34(57)48-23(5)31(54)36(59)46-17-25-15-21(3)11-12-22(25)4/h11-12,15,18-20,23,27-30H,7-10,13-14,16-17H2,1-6H3,(H,43,47)(H,46,59)(H,48,57)(H,49,53)(H,50,58)(H,51,55)(H,52,56)(H4,39,40,44)(H4,41,42,45)/t23-,27-,28-,29-,30-/m0/s1. The number of carbonyl (C=O) groups is 7. The highest BCUT2D eigenvalue weighted by atomic mass is 16.2. The summed E-state index contributed by atoms with van der Waals surface area (Å²) in [6.45, 7) is 10.2. The Balaban J connectivity index is 2.27. The number of nitrogens with zero attached hydrogens (tertiary/aromatic N) is 3. The summed E-state index contributed by atoms with van der Waals surface area (Å²) in [7, 11) is 0. The number of H-pyrrole nitrogens is 1. The molecule has 1 aromatic heterocycles. The van der Waals surface area contributed by atoms with E-state index >= 15 is 0 Å². The first kappa shape index (κ1) is 48.6. The first-order valence-corrected chi connectivity index (χ1v) is 19.2. The molecule has 59 heavy (non-hydrogen) atoms. The van der Waals surface area contributed by atoms with Crippen molar-refractivity contribution in [2.75, 3.05) is 13.1 Å². The molecule has 0 unspecified atom stereocenters. The molecule has 0 aliphatic heterocycles. The molecule has 0 bridgehead atoms. The number of imidazole rings is 1. The third-order valence-corrected chi connectivity index (χ3v) is 9.00. The number of amides is 6. The minimum atomic E-state index is -1.31. The van der Waals surface area contributed by atoms with E-state index in [1.54, 1.807) is 13.8 Å². The number of aromatic nitrogens is 2. The number of Topliss-reactive ketones (excluding diaryl/α,β-unsaturated/α-hetero) is 1. The number of aliphatic imine (C=N–C) groups is 2. The molecule has 2 rings (SSSR count). The molecule has 324 valence electrons. The van der Waals surface area contributed by atoms with Gasteiger partial charge in [0.15, 0.2) is 11.9 Å². The Labute approximate surface area is 343 Å². The van der Waals surface area contributed by atoms with Crippen molar-refractivity contribution in [1.82, 2.24) is 41.9 Å². The lowest BCUT2D eigenvalue weighted by molar-refractivity contribution is -0.140. The smallest absolute Gasteiger partial charge is 0.289 e. The SMILES string of the molecule is CC(=O)N[C@@H](CCCN=C(N)N)C(=O)N[C@H](C(=O)N[C@@H](CCCN=C(N)N)C(=O)N[C@@H](Cc1cnc[nH]1)C(=O)N[C@@H](C)C(=O)C(=O)NCc1cc(C)ccc1C)C(C)C. The third-order valence-electron chi connectivity index (χ3n) is 9.00. The zero-order chi connectivity index (χ0) is 44.2. The largest absolute Gasteiger partial charge is 0.370 e. The van der Waals surface area contributed by atoms with Crippen LogP contribution < -0.4 is 54.8 Å². The summed E-state index contributed by atoms with van der Waals surface area (Å²) in [6, 6.07) is -0.312. The van der Waals surface area contributed by atoms with Gasteiger partial charge in [-0.1, -0.05) is 37.6 Å². The van der Waals surface area contributed by atoms with Gasteiger partial charge in [0, 0.05) is 44.9 Å². The zero-order valence-electron chi connectivity index (χ0n) is 34.5. The maximum absolute atomic E-state index is 14.0. The lowest BCUT2D eigenvalue weighted by Crippen LogP contribution is -2.60. The summed E-state index contributed by atoms with van der Waals surface area (Å²) in [5.74, 6) is -6.02. The minimum absolute atomic E-state index is 0.000291. The Morgan fingerprint density at radius 3 is 1.85 bits per heavy atom. The maximum Gasteiger partial charge on any atom is 0.289 e. The van der Waals surface area contributed by atoms with E-state index in [2.05, 4.69) is 51.9 Å². The Hall–Kier alpha value is -6.54. The lowest BCUT2D eigenvalue weighted by Gasteiger charge is -2.28. The van der Waals surface area contributed by atoms with Crippen LogP contribution in [0.15, 0.2) is 40.7 Å². The summed E-state index contributed by atoms with van der Waals surface area (Å²) in [4.78, 5) is 107. The van der Waals surface area contributed by atoms with Crippen molar-refractivity contribution in [2.45, 2.75) is 110 Å². The van der Waals surface area contributed by atoms with Gasteiger partial charge in [-0.25, -0.2) is 4.98 Å². The second-order valence-corrected chi connectivity index (χ2v) is 14.5. The number of guanidine groups is 2. The van der Waals surface area contributed by atoms with Crippen LogP contribution >= 0.6 is 0 Å². The molecule has 0 fully saturated rings. The predicted molar refractivity (Wildman–Crippen MR) is 221 cm³/mol. The molecule has 0 radical (unpaired) electrons. The van der Waals surface area contributed by atoms with Crippen molar-refractivity contribution in [3.05, 3.63) is 53.1 Å². The zero-order valence-corrected chi connectivity index (χ0v) is 34.5. The van der Waals surface area contributed by atoms with Crippen LogP contribution in [0.25, 0.3) is 0 Å². The van der Waals surface area contributed by atoms with Crippen molar-refractivity contribution in [3.63, 3.8) is 0 Å². The Bertz CT molecular complexity index is 1820. The fourth-order valence-electron chi connectivity index (χ4n) is 5.77. The molecule has 0 aliphatic rings. The summed E-state index contributed by atoms with van der Waals surface area (Å²) >= 11 is 0. The fraction of sp³-hybridized carbons (Fsp3) is 0.526. The number of aromatic amines is 1. The third kappa shape index (κ3) is 17.6. The fourth-order valence-corrected chi connectivity index (χ4v) is 5.77. The molecule has 0 aliphatic carbocycles. The number of aryl methyl sites for hydroxylation is 2. The topological polar surface area (TPSA) is 349 Å². The van der Waals surface area contributed by atoms with Gasteiger partial charge >= 0.3 is 0 Å². The van der Waals surface area contributed by atoms with E-state index in [1.807, 2.05) is 32.0 Å². The number of hydrogen-bond acceptors (Lipinski definition) is 10. The van der Waals surface area contributed by atoms with Gasteiger partial charge < -0.3 is 59.8 Å². The van der Waals surface area contributed by atoms with Crippen molar-refractivity contribution in [2.24, 2.45) is 38.8 Å². The molecule has 1 aromatic carbocycles. The second-order valence-electron chi connectivity index (χ2n) is 14.5. The molecule has 0 saturated heterocycles. The molecule has 15 N–H and O–H groups in total. The number of nitrogens with one attached hydrogen (secondary N) is 7. The quantitative estimate of drug-likeness (QED) is 0.0230. The van der Waals surface area contributed by atoms with Gasteiger partial charge in [-0.05, 0) is 63.5 Å². The number of hydrogen-bond donors (Lipinski definition) is 11. The maximum atomic E-state index is 14.0. The molecule has 0 spiro atoms. The summed E-state index contributed by atoms with van der Waals surface area (Å²) in [6.07, 6.45) is 3.44. The van der Waals surface area contributed by atoms with Crippen molar-refractivity contribution in [3.8, 4) is 0 Å². The van der Waals surface area contributed by atoms with Gasteiger partial charge in [-0.15, -0.1) is 0 Å². The normalized spacial score (nSPS) is 13.3. The molecular formula is C38H60N14O7. The average Bonchev–Trinajstić information content (AvgIpc) is 3.68. The number of nitrogens with two attached hydrogens (primary N) is 4. The number of rotatable bonds is 24. The highest BCUT2D eigenvalue weighted by molar-refractivity contribution is 6.38. The van der Waals surface area contributed by atoms with E-state index in [0.29, 0.717) is 12.1 Å². The van der Waals surface area contributed by atoms with Gasteiger partial charge in [0.1, 0.15) is 24.2 Å². The van der Waals surface area contributed by atoms with E-state index < -0.39 is 77.4 Å². The first-order valence-electron chi connectivity index (χ1n) is 19.2. The van der Waals surface area contributed by atoms with Gasteiger partial charge in [0.2, 0.25) is 35.3 Å². The molecular weight excluding hydrogens is 765 g/mol. The van der Waals surface area contributed by atoms with Gasteiger partial charge in [0.25, 0.3) is 5.91 Å². The van der Waals surface area contributed by atoms with Gasteiger partial charge in [-0.3, -0.25) is 43.5 Å². The molecule has 5 atom stereocenters. The molecule has 1 heterocycles. The highest BCUT2D eigenvalue weighted by Crippen LogP contribution is 2.11. The number of ketones is 1. The van der Waals surface area contributed by atoms with E-state index in [9.17, 15) is 33.6 Å². The van der Waals surface area contributed by atoms with Crippen molar-refractivity contribution >= 4 is 53.1 Å². The number of benzene rings is 1. The van der Waals surface area contributed by atoms with Crippen LogP contribution in [0, 0.1) is 19.8 Å². The van der Waals surface area contributed by atoms with Crippen LogP contribution in [0.4, 0.5) is 0 Å². The molecule has 21 nitrogen and oxygen atoms in total. The van der Waals surface area contributed by atoms with Crippen LogP contribution in [0.3, 0.4) is 0 Å². The molecule has 6 amide bonds. The summed E-state index contributed by atoms with van der Waals surface area (Å²) in [5, 5.41) is 15.7. The number of carbonyl (C=O) groups excluding carboxylic acids is 7. The first-order chi connectivity index (χ1) is 27.8. The molecule has 0 saturated carbocycles. The molecule has 2 aromatic rings. The van der Waals surface area contributed by atoms with Crippen LogP contribution in [0.1, 0.15) is 75.8 Å². The minimum Gasteiger partial charge on any atom is -0.370 e. The average molecular weight is 825 g/mol. The Morgan fingerprint density at radius 1 is 0.746 bits per heavy atom. The predicted octanol–water partition coefficient (Wildman–Crippen LogP) is -2.32. The van der Waals surface area contributed by atoms with Crippen LogP contribution in [-0.4, -0.2) is 106 Å². The Morgan fingerprint density at radius 2 is 1.31 bits per heavy atom. The van der Waals surface area contributed by atoms with E-state index in [4.69, 9.17) is 22.9 Å². The summed E-state index contributed by atoms with van der Waals surface area (Å²) in [5.41, 5.74) is 24.9. The summed E-state index contributed by atoms with van der Waals surface area (Å²) < 4.78 is 0. The van der Waals surface area contributed by atoms with Crippen LogP contribution in [0.2, 0.25) is 0 Å². The molecule has 21 heteroatoms. The van der Waals surface area contributed by atoms with Crippen molar-refractivity contribution in [1.29, 1.82) is 0 Å². The second kappa shape index (κ2) is 24.3. The van der Waals surface area contributed by atoms with E-state index in [1.165, 1.54) is 26.4 Å². The van der Waals surface area contributed by atoms with Gasteiger partial charge in [-0.2, -0.15) is 0 Å². The van der Waals surface area contributed by atoms with Crippen LogP contribution in [0.5, 0.6) is 0 Å². The van der Waals surface area contributed by atoms with E-state index in [-0.39, 0.29) is 57.2 Å². The Kier molecular flexibility index (Phi) is 20.0. The lowest BCUT2D eigenvalue weighted by atomic mass is 10.0. The monoisotopic (exact) mass is 824 g/mol. The van der Waals surface area contributed by atoms with Crippen LogP contribution in [-0.2, 0) is 46.5 Å². The van der Waals surface area contributed by atoms with E-state index in [0.717, 1.165) is 16.7 Å².